The molecule has 1 nitrogen and oxygen atoms in total. The van der Waals surface area contributed by atoms with E-state index in [0.29, 0.717) is 5.92 Å². The topological polar surface area (TPSA) is 26.0 Å². The van der Waals surface area contributed by atoms with Gasteiger partial charge in [0.2, 0.25) is 0 Å². The fourth-order valence-corrected chi connectivity index (χ4v) is 3.52. The molecule has 0 spiro atoms. The molecular formula is C18H28FN. The predicted molar refractivity (Wildman–Crippen MR) is 83.6 cm³/mol. The zero-order valence-electron chi connectivity index (χ0n) is 12.9. The molecule has 0 bridgehead atoms. The Hall–Kier alpha value is -0.890. The molecule has 1 aromatic carbocycles. The van der Waals surface area contributed by atoms with Gasteiger partial charge in [0.25, 0.3) is 0 Å². The number of nitrogens with two attached hydrogens (primary N) is 1. The van der Waals surface area contributed by atoms with Crippen molar-refractivity contribution in [1.29, 1.82) is 0 Å². The van der Waals surface area contributed by atoms with Gasteiger partial charge in [-0.2, -0.15) is 0 Å². The van der Waals surface area contributed by atoms with Crippen LogP contribution in [0.15, 0.2) is 12.1 Å². The van der Waals surface area contributed by atoms with Gasteiger partial charge < -0.3 is 5.73 Å². The summed E-state index contributed by atoms with van der Waals surface area (Å²) in [4.78, 5) is 0. The first-order valence-corrected chi connectivity index (χ1v) is 8.24. The normalized spacial score (nSPS) is 24.2. The fourth-order valence-electron chi connectivity index (χ4n) is 3.52. The second-order valence-corrected chi connectivity index (χ2v) is 6.11. The smallest absolute Gasteiger partial charge is 0.126 e. The summed E-state index contributed by atoms with van der Waals surface area (Å²) in [6.07, 6.45) is 8.86. The zero-order valence-corrected chi connectivity index (χ0v) is 12.9. The minimum Gasteiger partial charge on any atom is -0.327 e. The Labute approximate surface area is 122 Å². The summed E-state index contributed by atoms with van der Waals surface area (Å²) in [6.45, 7) is 4.13. The quantitative estimate of drug-likeness (QED) is 0.850. The van der Waals surface area contributed by atoms with E-state index in [-0.39, 0.29) is 11.9 Å². The van der Waals surface area contributed by atoms with Crippen LogP contribution in [0.4, 0.5) is 4.39 Å². The van der Waals surface area contributed by atoms with Crippen molar-refractivity contribution in [3.63, 3.8) is 0 Å². The monoisotopic (exact) mass is 277 g/mol. The molecule has 2 N–H and O–H groups in total. The van der Waals surface area contributed by atoms with Crippen molar-refractivity contribution < 1.29 is 4.39 Å². The Balaban J connectivity index is 2.39. The lowest BCUT2D eigenvalue weighted by atomic mass is 9.79. The third-order valence-electron chi connectivity index (χ3n) is 4.77. The Morgan fingerprint density at radius 1 is 1.05 bits per heavy atom. The molecule has 2 atom stereocenters. The predicted octanol–water partition coefficient (Wildman–Crippen LogP) is 4.72. The van der Waals surface area contributed by atoms with Crippen molar-refractivity contribution in [1.82, 2.24) is 0 Å². The zero-order chi connectivity index (χ0) is 14.5. The molecule has 112 valence electrons. The number of rotatable bonds is 3. The first-order valence-electron chi connectivity index (χ1n) is 8.24. The summed E-state index contributed by atoms with van der Waals surface area (Å²) < 4.78 is 14.3. The third kappa shape index (κ3) is 3.41. The summed E-state index contributed by atoms with van der Waals surface area (Å²) >= 11 is 0. The summed E-state index contributed by atoms with van der Waals surface area (Å²) in [5.74, 6) is 0.308. The average Bonchev–Trinajstić information content (AvgIpc) is 2.42. The van der Waals surface area contributed by atoms with Crippen LogP contribution in [-0.2, 0) is 12.8 Å². The molecule has 20 heavy (non-hydrogen) atoms. The molecule has 1 saturated carbocycles. The Bertz CT molecular complexity index is 441. The number of hydrogen-bond acceptors (Lipinski definition) is 1. The first-order chi connectivity index (χ1) is 9.67. The lowest BCUT2D eigenvalue weighted by Crippen LogP contribution is -2.30. The van der Waals surface area contributed by atoms with E-state index in [4.69, 9.17) is 5.73 Å². The van der Waals surface area contributed by atoms with Gasteiger partial charge in [-0.3, -0.25) is 0 Å². The van der Waals surface area contributed by atoms with Crippen molar-refractivity contribution >= 4 is 0 Å². The average molecular weight is 277 g/mol. The lowest BCUT2D eigenvalue weighted by molar-refractivity contribution is 0.401. The molecule has 1 fully saturated rings. The molecule has 0 amide bonds. The highest BCUT2D eigenvalue weighted by molar-refractivity contribution is 5.37. The summed E-state index contributed by atoms with van der Waals surface area (Å²) in [7, 11) is 0. The Morgan fingerprint density at radius 3 is 2.40 bits per heavy atom. The molecule has 1 aliphatic carbocycles. The maximum absolute atomic E-state index is 14.3. The third-order valence-corrected chi connectivity index (χ3v) is 4.77. The molecule has 2 heteroatoms. The van der Waals surface area contributed by atoms with E-state index in [2.05, 4.69) is 13.0 Å². The molecule has 2 rings (SSSR count). The van der Waals surface area contributed by atoms with E-state index in [0.717, 1.165) is 36.8 Å². The minimum atomic E-state index is -0.0314. The summed E-state index contributed by atoms with van der Waals surface area (Å²) in [6, 6.07) is 4.11. The van der Waals surface area contributed by atoms with Crippen LogP contribution in [0.2, 0.25) is 0 Å². The van der Waals surface area contributed by atoms with Gasteiger partial charge in [0.15, 0.2) is 0 Å². The van der Waals surface area contributed by atoms with Gasteiger partial charge in [-0.1, -0.05) is 45.6 Å². The molecule has 1 aliphatic rings. The number of aryl methyl sites for hydroxylation is 1. The van der Waals surface area contributed by atoms with Crippen LogP contribution >= 0.6 is 0 Å². The van der Waals surface area contributed by atoms with Crippen molar-refractivity contribution in [2.24, 2.45) is 5.73 Å². The molecular weight excluding hydrogens is 249 g/mol. The van der Waals surface area contributed by atoms with Crippen LogP contribution in [0.5, 0.6) is 0 Å². The second kappa shape index (κ2) is 7.21. The second-order valence-electron chi connectivity index (χ2n) is 6.11. The first kappa shape index (κ1) is 15.5. The summed E-state index contributed by atoms with van der Waals surface area (Å²) in [5, 5.41) is 0. The van der Waals surface area contributed by atoms with Crippen molar-refractivity contribution in [3.8, 4) is 0 Å². The summed E-state index contributed by atoms with van der Waals surface area (Å²) in [5.41, 5.74) is 9.61. The maximum atomic E-state index is 14.3. The van der Waals surface area contributed by atoms with E-state index in [1.807, 2.05) is 6.92 Å². The molecule has 0 saturated heterocycles. The number of hydrogen-bond donors (Lipinski definition) is 1. The van der Waals surface area contributed by atoms with Gasteiger partial charge in [-0.25, -0.2) is 4.39 Å². The van der Waals surface area contributed by atoms with Crippen LogP contribution in [-0.4, -0.2) is 6.04 Å². The molecule has 0 radical (unpaired) electrons. The highest BCUT2D eigenvalue weighted by atomic mass is 19.1. The minimum absolute atomic E-state index is 0.0314. The van der Waals surface area contributed by atoms with E-state index >= 15 is 0 Å². The van der Waals surface area contributed by atoms with Crippen LogP contribution < -0.4 is 5.73 Å². The van der Waals surface area contributed by atoms with Gasteiger partial charge >= 0.3 is 0 Å². The highest BCUT2D eigenvalue weighted by Crippen LogP contribution is 2.34. The van der Waals surface area contributed by atoms with Crippen LogP contribution in [0.3, 0.4) is 0 Å². The van der Waals surface area contributed by atoms with Crippen molar-refractivity contribution in [2.45, 2.75) is 77.2 Å². The van der Waals surface area contributed by atoms with Gasteiger partial charge in [0.1, 0.15) is 5.82 Å². The van der Waals surface area contributed by atoms with Gasteiger partial charge in [0.05, 0.1) is 0 Å². The number of benzene rings is 1. The molecule has 1 aromatic rings. The van der Waals surface area contributed by atoms with Gasteiger partial charge in [-0.15, -0.1) is 0 Å². The SMILES string of the molecule is CCc1cc(F)c(CC)c(C2CCCCCCC2N)c1. The molecule has 0 heterocycles. The standard InChI is InChI=1S/C18H28FN/c1-3-13-11-16(14(4-2)17(19)12-13)15-9-7-5-6-8-10-18(15)20/h11-12,15,18H,3-10,20H2,1-2H3. The lowest BCUT2D eigenvalue weighted by Gasteiger charge is -2.29. The highest BCUT2D eigenvalue weighted by Gasteiger charge is 2.24. The molecule has 2 unspecified atom stereocenters. The van der Waals surface area contributed by atoms with E-state index in [9.17, 15) is 4.39 Å². The van der Waals surface area contributed by atoms with Crippen LogP contribution in [0.25, 0.3) is 0 Å². The maximum Gasteiger partial charge on any atom is 0.126 e. The Morgan fingerprint density at radius 2 is 1.75 bits per heavy atom. The van der Waals surface area contributed by atoms with Crippen molar-refractivity contribution in [2.75, 3.05) is 0 Å². The Kier molecular flexibility index (Phi) is 5.59. The van der Waals surface area contributed by atoms with Crippen molar-refractivity contribution in [3.05, 3.63) is 34.6 Å². The fraction of sp³-hybridized carbons (Fsp3) is 0.667. The van der Waals surface area contributed by atoms with E-state index in [1.165, 1.54) is 31.2 Å². The van der Waals surface area contributed by atoms with Crippen LogP contribution in [0.1, 0.15) is 75.0 Å². The number of halogens is 1. The van der Waals surface area contributed by atoms with Gasteiger partial charge in [0, 0.05) is 6.04 Å². The van der Waals surface area contributed by atoms with E-state index < -0.39 is 0 Å². The molecule has 0 aliphatic heterocycles. The van der Waals surface area contributed by atoms with Gasteiger partial charge in [-0.05, 0) is 54.4 Å². The largest absolute Gasteiger partial charge is 0.327 e. The van der Waals surface area contributed by atoms with E-state index in [1.54, 1.807) is 6.07 Å². The van der Waals surface area contributed by atoms with Crippen LogP contribution in [0, 0.1) is 5.82 Å². The molecule has 0 aromatic heterocycles.